The van der Waals surface area contributed by atoms with Gasteiger partial charge >= 0.3 is 0 Å². The molecule has 2 aromatic rings. The van der Waals surface area contributed by atoms with Gasteiger partial charge in [0.05, 0.1) is 11.7 Å². The molecule has 2 heterocycles. The summed E-state index contributed by atoms with van der Waals surface area (Å²) in [5, 5.41) is 3.83. The van der Waals surface area contributed by atoms with Gasteiger partial charge in [0, 0.05) is 12.1 Å². The molecule has 4 nitrogen and oxygen atoms in total. The highest BCUT2D eigenvalue weighted by atomic mass is 19.1. The lowest BCUT2D eigenvalue weighted by atomic mass is 10.0. The normalized spacial score (nSPS) is 18.2. The molecule has 0 spiro atoms. The Morgan fingerprint density at radius 2 is 2.14 bits per heavy atom. The van der Waals surface area contributed by atoms with Crippen LogP contribution in [0.5, 0.6) is 0 Å². The van der Waals surface area contributed by atoms with Crippen molar-refractivity contribution < 1.29 is 13.7 Å². The lowest BCUT2D eigenvalue weighted by Gasteiger charge is -2.25. The summed E-state index contributed by atoms with van der Waals surface area (Å²) in [4.78, 5) is 14.5. The molecule has 5 heteroatoms. The number of nitrogens with zero attached hydrogens (tertiary/aromatic N) is 2. The van der Waals surface area contributed by atoms with E-state index in [0.29, 0.717) is 29.1 Å². The summed E-state index contributed by atoms with van der Waals surface area (Å²) in [5.74, 6) is 0.120. The number of rotatable bonds is 2. The molecule has 0 bridgehead atoms. The monoisotopic (exact) mass is 288 g/mol. The van der Waals surface area contributed by atoms with Gasteiger partial charge < -0.3 is 9.42 Å². The highest BCUT2D eigenvalue weighted by Gasteiger charge is 2.34. The molecule has 0 N–H and O–H groups in total. The van der Waals surface area contributed by atoms with Crippen molar-refractivity contribution in [2.24, 2.45) is 0 Å². The summed E-state index contributed by atoms with van der Waals surface area (Å²) in [6.45, 7) is 4.10. The van der Waals surface area contributed by atoms with Crippen LogP contribution in [0.2, 0.25) is 0 Å². The van der Waals surface area contributed by atoms with Crippen LogP contribution < -0.4 is 0 Å². The third-order valence-corrected chi connectivity index (χ3v) is 4.03. The van der Waals surface area contributed by atoms with E-state index in [2.05, 4.69) is 5.16 Å². The molecule has 1 aromatic carbocycles. The van der Waals surface area contributed by atoms with Gasteiger partial charge in [-0.05, 0) is 32.8 Å². The molecule has 1 saturated heterocycles. The van der Waals surface area contributed by atoms with E-state index in [0.717, 1.165) is 12.8 Å². The first-order chi connectivity index (χ1) is 10.1. The van der Waals surface area contributed by atoms with Gasteiger partial charge in [-0.25, -0.2) is 4.39 Å². The number of aromatic nitrogens is 1. The Bertz CT molecular complexity index is 661. The van der Waals surface area contributed by atoms with Crippen molar-refractivity contribution in [2.45, 2.75) is 32.7 Å². The Kier molecular flexibility index (Phi) is 3.49. The van der Waals surface area contributed by atoms with Crippen LogP contribution in [-0.2, 0) is 0 Å². The van der Waals surface area contributed by atoms with E-state index in [4.69, 9.17) is 4.52 Å². The van der Waals surface area contributed by atoms with Gasteiger partial charge in [0.15, 0.2) is 0 Å². The lowest BCUT2D eigenvalue weighted by molar-refractivity contribution is 0.0731. The van der Waals surface area contributed by atoms with E-state index < -0.39 is 0 Å². The Morgan fingerprint density at radius 1 is 1.38 bits per heavy atom. The van der Waals surface area contributed by atoms with Crippen LogP contribution >= 0.6 is 0 Å². The second-order valence-corrected chi connectivity index (χ2v) is 5.38. The van der Waals surface area contributed by atoms with Crippen LogP contribution in [0.3, 0.4) is 0 Å². The predicted octanol–water partition coefficient (Wildman–Crippen LogP) is 3.41. The Labute approximate surface area is 122 Å². The van der Waals surface area contributed by atoms with E-state index >= 15 is 0 Å². The third-order valence-electron chi connectivity index (χ3n) is 4.03. The fraction of sp³-hybridized carbons (Fsp3) is 0.375. The summed E-state index contributed by atoms with van der Waals surface area (Å²) in [6, 6.07) is 6.43. The molecule has 0 unspecified atom stereocenters. The van der Waals surface area contributed by atoms with Gasteiger partial charge in [-0.15, -0.1) is 0 Å². The average Bonchev–Trinajstić information content (AvgIpc) is 3.06. The smallest absolute Gasteiger partial charge is 0.259 e. The van der Waals surface area contributed by atoms with E-state index in [-0.39, 0.29) is 17.8 Å². The minimum atomic E-state index is -0.263. The molecule has 0 radical (unpaired) electrons. The number of benzene rings is 1. The van der Waals surface area contributed by atoms with Crippen LogP contribution in [0.1, 0.15) is 46.3 Å². The van der Waals surface area contributed by atoms with Crippen molar-refractivity contribution in [2.75, 3.05) is 6.54 Å². The molecule has 0 aliphatic carbocycles. The SMILES string of the molecule is Cc1noc(C)c1C(=O)N1CCC[C@H]1c1ccccc1F. The number of carbonyl (C=O) groups excluding carboxylic acids is 1. The number of hydrogen-bond acceptors (Lipinski definition) is 3. The zero-order valence-electron chi connectivity index (χ0n) is 12.1. The van der Waals surface area contributed by atoms with Gasteiger partial charge in [0.2, 0.25) is 0 Å². The van der Waals surface area contributed by atoms with E-state index in [9.17, 15) is 9.18 Å². The fourth-order valence-electron chi connectivity index (χ4n) is 3.01. The third kappa shape index (κ3) is 2.33. The summed E-state index contributed by atoms with van der Waals surface area (Å²) in [6.07, 6.45) is 1.64. The number of carbonyl (C=O) groups is 1. The van der Waals surface area contributed by atoms with E-state index in [1.165, 1.54) is 6.07 Å². The molecule has 3 rings (SSSR count). The number of likely N-dealkylation sites (tertiary alicyclic amines) is 1. The van der Waals surface area contributed by atoms with Crippen LogP contribution in [0, 0.1) is 19.7 Å². The molecule has 1 aliphatic heterocycles. The van der Waals surface area contributed by atoms with E-state index in [1.54, 1.807) is 36.9 Å². The topological polar surface area (TPSA) is 46.3 Å². The van der Waals surface area contributed by atoms with Crippen molar-refractivity contribution in [3.05, 3.63) is 52.7 Å². The predicted molar refractivity (Wildman–Crippen MR) is 75.4 cm³/mol. The number of aryl methyl sites for hydroxylation is 2. The summed E-state index contributed by atoms with van der Waals surface area (Å²) in [5.41, 5.74) is 1.66. The molecule has 1 aromatic heterocycles. The molecule has 1 fully saturated rings. The van der Waals surface area contributed by atoms with Crippen molar-refractivity contribution in [3.63, 3.8) is 0 Å². The number of halogens is 1. The van der Waals surface area contributed by atoms with Crippen molar-refractivity contribution >= 4 is 5.91 Å². The van der Waals surface area contributed by atoms with Gasteiger partial charge in [0.25, 0.3) is 5.91 Å². The molecule has 21 heavy (non-hydrogen) atoms. The lowest BCUT2D eigenvalue weighted by Crippen LogP contribution is -2.31. The maximum absolute atomic E-state index is 14.0. The van der Waals surface area contributed by atoms with Crippen LogP contribution in [-0.4, -0.2) is 22.5 Å². The molecular formula is C16H17FN2O2. The second-order valence-electron chi connectivity index (χ2n) is 5.38. The highest BCUT2D eigenvalue weighted by molar-refractivity contribution is 5.96. The maximum atomic E-state index is 14.0. The first-order valence-electron chi connectivity index (χ1n) is 7.08. The molecule has 0 saturated carbocycles. The van der Waals surface area contributed by atoms with Crippen LogP contribution in [0.25, 0.3) is 0 Å². The van der Waals surface area contributed by atoms with Crippen molar-refractivity contribution in [1.82, 2.24) is 10.1 Å². The second kappa shape index (κ2) is 5.31. The number of hydrogen-bond donors (Lipinski definition) is 0. The summed E-state index contributed by atoms with van der Waals surface area (Å²) >= 11 is 0. The zero-order valence-corrected chi connectivity index (χ0v) is 12.1. The Balaban J connectivity index is 1.95. The van der Waals surface area contributed by atoms with Gasteiger partial charge in [0.1, 0.15) is 17.1 Å². The Morgan fingerprint density at radius 3 is 2.81 bits per heavy atom. The van der Waals surface area contributed by atoms with Crippen molar-refractivity contribution in [1.29, 1.82) is 0 Å². The largest absolute Gasteiger partial charge is 0.361 e. The molecule has 110 valence electrons. The van der Waals surface area contributed by atoms with Gasteiger partial charge in [-0.1, -0.05) is 23.4 Å². The standard InChI is InChI=1S/C16H17FN2O2/c1-10-15(11(2)21-18-10)16(20)19-9-5-8-14(19)12-6-3-4-7-13(12)17/h3-4,6-7,14H,5,8-9H2,1-2H3/t14-/m0/s1. The highest BCUT2D eigenvalue weighted by Crippen LogP contribution is 2.35. The number of amides is 1. The van der Waals surface area contributed by atoms with Crippen LogP contribution in [0.4, 0.5) is 4.39 Å². The zero-order chi connectivity index (χ0) is 15.0. The summed E-state index contributed by atoms with van der Waals surface area (Å²) < 4.78 is 19.1. The minimum absolute atomic E-state index is 0.128. The van der Waals surface area contributed by atoms with Crippen molar-refractivity contribution in [3.8, 4) is 0 Å². The van der Waals surface area contributed by atoms with E-state index in [1.807, 2.05) is 0 Å². The van der Waals surface area contributed by atoms with Crippen LogP contribution in [0.15, 0.2) is 28.8 Å². The van der Waals surface area contributed by atoms with Gasteiger partial charge in [-0.2, -0.15) is 0 Å². The molecular weight excluding hydrogens is 271 g/mol. The average molecular weight is 288 g/mol. The quantitative estimate of drug-likeness (QED) is 0.850. The molecule has 1 amide bonds. The minimum Gasteiger partial charge on any atom is -0.361 e. The molecule has 1 atom stereocenters. The first kappa shape index (κ1) is 13.8. The molecule has 1 aliphatic rings. The summed E-state index contributed by atoms with van der Waals surface area (Å²) in [7, 11) is 0. The Hall–Kier alpha value is -2.17. The maximum Gasteiger partial charge on any atom is 0.259 e. The fourth-order valence-corrected chi connectivity index (χ4v) is 3.01. The van der Waals surface area contributed by atoms with Gasteiger partial charge in [-0.3, -0.25) is 4.79 Å². The first-order valence-corrected chi connectivity index (χ1v) is 7.08.